The summed E-state index contributed by atoms with van der Waals surface area (Å²) in [6, 6.07) is 6.03. The number of aliphatic hydroxyl groups is 1. The van der Waals surface area contributed by atoms with Gasteiger partial charge in [0.15, 0.2) is 0 Å². The molecule has 1 aromatic rings. The van der Waals surface area contributed by atoms with Crippen molar-refractivity contribution in [3.63, 3.8) is 0 Å². The molecule has 0 amide bonds. The number of rotatable bonds is 7. The molecular weight excluding hydrogens is 349 g/mol. The Hall–Kier alpha value is -0.630. The van der Waals surface area contributed by atoms with E-state index in [0.29, 0.717) is 12.0 Å². The normalized spacial score (nSPS) is 15.2. The Morgan fingerprint density at radius 3 is 2.29 bits per heavy atom. The van der Waals surface area contributed by atoms with Crippen molar-refractivity contribution in [2.24, 2.45) is 5.73 Å². The Morgan fingerprint density at radius 2 is 1.86 bits per heavy atom. The molecule has 0 aromatic heterocycles. The van der Waals surface area contributed by atoms with Gasteiger partial charge in [-0.3, -0.25) is 4.90 Å². The topological polar surface area (TPSA) is 49.5 Å². The molecule has 1 aromatic carbocycles. The van der Waals surface area contributed by atoms with Gasteiger partial charge >= 0.3 is 6.18 Å². The molecule has 120 valence electrons. The third-order valence-corrected chi connectivity index (χ3v) is 3.78. The van der Waals surface area contributed by atoms with E-state index in [4.69, 9.17) is 10.8 Å². The highest BCUT2D eigenvalue weighted by atomic mass is 79.9. The summed E-state index contributed by atoms with van der Waals surface area (Å²) in [4.78, 5) is 1.19. The molecule has 0 fully saturated rings. The van der Waals surface area contributed by atoms with Crippen molar-refractivity contribution in [2.75, 3.05) is 19.7 Å². The summed E-state index contributed by atoms with van der Waals surface area (Å²) in [5.41, 5.74) is 6.75. The van der Waals surface area contributed by atoms with Crippen LogP contribution in [0.3, 0.4) is 0 Å². The standard InChI is InChI=1S/C14H20BrF3N2O/c1-2-12(19)13(10-3-5-11(15)6-4-10)20(7-8-21)9-14(16,17)18/h3-6,12-13,21H,2,7-9,19H2,1H3. The molecule has 3 nitrogen and oxygen atoms in total. The van der Waals surface area contributed by atoms with Crippen molar-refractivity contribution < 1.29 is 18.3 Å². The molecule has 0 spiro atoms. The quantitative estimate of drug-likeness (QED) is 0.777. The van der Waals surface area contributed by atoms with E-state index >= 15 is 0 Å². The summed E-state index contributed by atoms with van der Waals surface area (Å²) in [7, 11) is 0. The Labute approximate surface area is 131 Å². The van der Waals surface area contributed by atoms with Crippen LogP contribution < -0.4 is 5.73 Å². The van der Waals surface area contributed by atoms with Gasteiger partial charge in [0.05, 0.1) is 19.2 Å². The number of hydrogen-bond donors (Lipinski definition) is 2. The van der Waals surface area contributed by atoms with Crippen molar-refractivity contribution in [1.82, 2.24) is 4.90 Å². The zero-order valence-electron chi connectivity index (χ0n) is 11.8. The van der Waals surface area contributed by atoms with Crippen LogP contribution in [-0.4, -0.2) is 41.9 Å². The van der Waals surface area contributed by atoms with Crippen LogP contribution in [-0.2, 0) is 0 Å². The van der Waals surface area contributed by atoms with E-state index in [2.05, 4.69) is 15.9 Å². The van der Waals surface area contributed by atoms with Crippen LogP contribution in [0, 0.1) is 0 Å². The molecule has 2 atom stereocenters. The molecule has 21 heavy (non-hydrogen) atoms. The highest BCUT2D eigenvalue weighted by Gasteiger charge is 2.35. The lowest BCUT2D eigenvalue weighted by molar-refractivity contribution is -0.153. The van der Waals surface area contributed by atoms with Gasteiger partial charge in [0, 0.05) is 17.1 Å². The Bertz CT molecular complexity index is 425. The van der Waals surface area contributed by atoms with Crippen molar-refractivity contribution in [1.29, 1.82) is 0 Å². The first-order valence-electron chi connectivity index (χ1n) is 6.71. The fourth-order valence-corrected chi connectivity index (χ4v) is 2.55. The largest absolute Gasteiger partial charge is 0.401 e. The van der Waals surface area contributed by atoms with Crippen LogP contribution in [0.4, 0.5) is 13.2 Å². The third-order valence-electron chi connectivity index (χ3n) is 3.25. The molecule has 0 aliphatic carbocycles. The zero-order chi connectivity index (χ0) is 16.0. The van der Waals surface area contributed by atoms with Gasteiger partial charge in [-0.1, -0.05) is 35.0 Å². The van der Waals surface area contributed by atoms with E-state index in [1.807, 2.05) is 6.92 Å². The first kappa shape index (κ1) is 18.4. The molecule has 2 unspecified atom stereocenters. The SMILES string of the molecule is CCC(N)C(c1ccc(Br)cc1)N(CCO)CC(F)(F)F. The fraction of sp³-hybridized carbons (Fsp3) is 0.571. The second kappa shape index (κ2) is 8.12. The van der Waals surface area contributed by atoms with Gasteiger partial charge < -0.3 is 10.8 Å². The Morgan fingerprint density at radius 1 is 1.29 bits per heavy atom. The molecular formula is C14H20BrF3N2O. The van der Waals surface area contributed by atoms with E-state index in [0.717, 1.165) is 4.47 Å². The molecule has 3 N–H and O–H groups in total. The number of nitrogens with two attached hydrogens (primary N) is 1. The van der Waals surface area contributed by atoms with Crippen LogP contribution in [0.5, 0.6) is 0 Å². The molecule has 0 saturated carbocycles. The predicted molar refractivity (Wildman–Crippen MR) is 79.9 cm³/mol. The number of halogens is 4. The van der Waals surface area contributed by atoms with Crippen LogP contribution in [0.1, 0.15) is 24.9 Å². The number of alkyl halides is 3. The van der Waals surface area contributed by atoms with E-state index in [1.54, 1.807) is 24.3 Å². The molecule has 0 bridgehead atoms. The average molecular weight is 369 g/mol. The number of nitrogens with zero attached hydrogens (tertiary/aromatic N) is 1. The van der Waals surface area contributed by atoms with Crippen LogP contribution in [0.15, 0.2) is 28.7 Å². The van der Waals surface area contributed by atoms with E-state index in [1.165, 1.54) is 4.90 Å². The van der Waals surface area contributed by atoms with Crippen LogP contribution in [0.25, 0.3) is 0 Å². The minimum Gasteiger partial charge on any atom is -0.395 e. The van der Waals surface area contributed by atoms with Crippen molar-refractivity contribution in [3.05, 3.63) is 34.3 Å². The summed E-state index contributed by atoms with van der Waals surface area (Å²) in [5, 5.41) is 9.07. The summed E-state index contributed by atoms with van der Waals surface area (Å²) >= 11 is 3.30. The maximum atomic E-state index is 12.8. The van der Waals surface area contributed by atoms with Gasteiger partial charge in [0.25, 0.3) is 0 Å². The number of aliphatic hydroxyl groups excluding tert-OH is 1. The summed E-state index contributed by atoms with van der Waals surface area (Å²) in [6.07, 6.45) is -3.79. The average Bonchev–Trinajstić information content (AvgIpc) is 2.39. The van der Waals surface area contributed by atoms with Crippen LogP contribution in [0.2, 0.25) is 0 Å². The smallest absolute Gasteiger partial charge is 0.395 e. The zero-order valence-corrected chi connectivity index (χ0v) is 13.4. The van der Waals surface area contributed by atoms with Gasteiger partial charge in [-0.2, -0.15) is 13.2 Å². The minimum absolute atomic E-state index is 0.0755. The first-order chi connectivity index (χ1) is 9.78. The summed E-state index contributed by atoms with van der Waals surface area (Å²) < 4.78 is 39.1. The third kappa shape index (κ3) is 5.94. The van der Waals surface area contributed by atoms with Gasteiger partial charge in [-0.25, -0.2) is 0 Å². The van der Waals surface area contributed by atoms with E-state index < -0.39 is 24.8 Å². The molecule has 1 rings (SSSR count). The lowest BCUT2D eigenvalue weighted by atomic mass is 9.96. The van der Waals surface area contributed by atoms with Crippen molar-refractivity contribution in [3.8, 4) is 0 Å². The molecule has 7 heteroatoms. The highest BCUT2D eigenvalue weighted by Crippen LogP contribution is 2.29. The molecule has 0 heterocycles. The first-order valence-corrected chi connectivity index (χ1v) is 7.50. The van der Waals surface area contributed by atoms with Gasteiger partial charge in [0.2, 0.25) is 0 Å². The predicted octanol–water partition coefficient (Wildman–Crippen LogP) is 3.08. The fourth-order valence-electron chi connectivity index (χ4n) is 2.29. The van der Waals surface area contributed by atoms with E-state index in [-0.39, 0.29) is 13.2 Å². The minimum atomic E-state index is -4.34. The van der Waals surface area contributed by atoms with Gasteiger partial charge in [0.1, 0.15) is 0 Å². The molecule has 0 aliphatic heterocycles. The van der Waals surface area contributed by atoms with Gasteiger partial charge in [-0.15, -0.1) is 0 Å². The second-order valence-corrected chi connectivity index (χ2v) is 5.79. The maximum absolute atomic E-state index is 12.8. The Balaban J connectivity index is 3.10. The van der Waals surface area contributed by atoms with Crippen LogP contribution >= 0.6 is 15.9 Å². The van der Waals surface area contributed by atoms with Crippen molar-refractivity contribution in [2.45, 2.75) is 31.6 Å². The molecule has 0 aliphatic rings. The van der Waals surface area contributed by atoms with Gasteiger partial charge in [-0.05, 0) is 24.1 Å². The number of benzene rings is 1. The lowest BCUT2D eigenvalue weighted by Gasteiger charge is -2.35. The Kier molecular flexibility index (Phi) is 7.12. The second-order valence-electron chi connectivity index (χ2n) is 4.88. The van der Waals surface area contributed by atoms with Crippen molar-refractivity contribution >= 4 is 15.9 Å². The molecule has 0 saturated heterocycles. The summed E-state index contributed by atoms with van der Waals surface area (Å²) in [6.45, 7) is 0.316. The maximum Gasteiger partial charge on any atom is 0.401 e. The summed E-state index contributed by atoms with van der Waals surface area (Å²) in [5.74, 6) is 0. The molecule has 0 radical (unpaired) electrons. The highest BCUT2D eigenvalue weighted by molar-refractivity contribution is 9.10. The number of hydrogen-bond acceptors (Lipinski definition) is 3. The monoisotopic (exact) mass is 368 g/mol. The van der Waals surface area contributed by atoms with E-state index in [9.17, 15) is 13.2 Å². The lowest BCUT2D eigenvalue weighted by Crippen LogP contribution is -2.46.